The molecule has 0 saturated carbocycles. The van der Waals surface area contributed by atoms with Crippen molar-refractivity contribution in [3.05, 3.63) is 23.1 Å². The van der Waals surface area contributed by atoms with Crippen LogP contribution in [-0.2, 0) is 0 Å². The van der Waals surface area contributed by atoms with Crippen LogP contribution in [0.1, 0.15) is 25.7 Å². The van der Waals surface area contributed by atoms with E-state index in [4.69, 9.17) is 17.3 Å². The molecule has 1 aromatic heterocycles. The molecule has 2 heterocycles. The first-order valence-corrected chi connectivity index (χ1v) is 6.38. The molecule has 0 amide bonds. The Morgan fingerprint density at radius 2 is 2.41 bits per heavy atom. The van der Waals surface area contributed by atoms with Gasteiger partial charge in [0, 0.05) is 18.8 Å². The lowest BCUT2D eigenvalue weighted by atomic mass is 10.1. The second-order valence-electron chi connectivity index (χ2n) is 4.38. The van der Waals surface area contributed by atoms with Crippen molar-refractivity contribution in [1.82, 2.24) is 4.98 Å². The molecule has 0 aromatic carbocycles. The minimum atomic E-state index is -0.336. The molecule has 1 saturated heterocycles. The number of nitrogens with two attached hydrogens (primary N) is 1. The largest absolute Gasteiger partial charge is 0.351 e. The third-order valence-electron chi connectivity index (χ3n) is 3.18. The van der Waals surface area contributed by atoms with Gasteiger partial charge in [0.25, 0.3) is 0 Å². The molecular weight excluding hydrogens is 241 g/mol. The first-order chi connectivity index (χ1) is 8.22. The first kappa shape index (κ1) is 12.6. The van der Waals surface area contributed by atoms with Gasteiger partial charge in [-0.15, -0.1) is 0 Å². The summed E-state index contributed by atoms with van der Waals surface area (Å²) >= 11 is 5.71. The van der Waals surface area contributed by atoms with E-state index < -0.39 is 0 Å². The fraction of sp³-hybridized carbons (Fsp3) is 0.583. The van der Waals surface area contributed by atoms with Gasteiger partial charge in [0.15, 0.2) is 11.6 Å². The summed E-state index contributed by atoms with van der Waals surface area (Å²) in [4.78, 5) is 6.15. The van der Waals surface area contributed by atoms with Crippen molar-refractivity contribution in [2.24, 2.45) is 5.73 Å². The van der Waals surface area contributed by atoms with Crippen LogP contribution in [0, 0.1) is 5.82 Å². The van der Waals surface area contributed by atoms with E-state index >= 15 is 0 Å². The molecule has 2 N–H and O–H groups in total. The van der Waals surface area contributed by atoms with Gasteiger partial charge in [-0.25, -0.2) is 9.37 Å². The second kappa shape index (κ2) is 5.65. The zero-order chi connectivity index (χ0) is 12.3. The highest BCUT2D eigenvalue weighted by Crippen LogP contribution is 2.29. The molecule has 0 bridgehead atoms. The number of halogens is 2. The third kappa shape index (κ3) is 2.87. The van der Waals surface area contributed by atoms with Crippen LogP contribution in [-0.4, -0.2) is 24.1 Å². The summed E-state index contributed by atoms with van der Waals surface area (Å²) in [5.41, 5.74) is 5.51. The van der Waals surface area contributed by atoms with Gasteiger partial charge < -0.3 is 10.6 Å². The van der Waals surface area contributed by atoms with Gasteiger partial charge in [-0.1, -0.05) is 11.6 Å². The Morgan fingerprint density at radius 3 is 3.12 bits per heavy atom. The minimum Gasteiger partial charge on any atom is -0.351 e. The monoisotopic (exact) mass is 257 g/mol. The van der Waals surface area contributed by atoms with E-state index in [-0.39, 0.29) is 5.82 Å². The number of hydrogen-bond acceptors (Lipinski definition) is 3. The fourth-order valence-electron chi connectivity index (χ4n) is 2.39. The molecule has 1 aliphatic rings. The SMILES string of the molecule is NCCCC1CCCN1c1ncc(Cl)cc1F. The van der Waals surface area contributed by atoms with Crippen LogP contribution in [0.3, 0.4) is 0 Å². The maximum absolute atomic E-state index is 13.8. The minimum absolute atomic E-state index is 0.336. The Morgan fingerprint density at radius 1 is 1.59 bits per heavy atom. The Hall–Kier alpha value is -0.870. The number of pyridine rings is 1. The zero-order valence-corrected chi connectivity index (χ0v) is 10.5. The van der Waals surface area contributed by atoms with Gasteiger partial charge in [0.05, 0.1) is 5.02 Å². The molecule has 2 rings (SSSR count). The lowest BCUT2D eigenvalue weighted by Crippen LogP contribution is -2.31. The molecule has 17 heavy (non-hydrogen) atoms. The fourth-order valence-corrected chi connectivity index (χ4v) is 2.53. The summed E-state index contributed by atoms with van der Waals surface area (Å²) in [6, 6.07) is 1.68. The first-order valence-electron chi connectivity index (χ1n) is 6.00. The van der Waals surface area contributed by atoms with E-state index in [2.05, 4.69) is 4.98 Å². The molecule has 0 spiro atoms. The summed E-state index contributed by atoms with van der Waals surface area (Å²) in [7, 11) is 0. The predicted octanol–water partition coefficient (Wildman–Crippen LogP) is 2.58. The lowest BCUT2D eigenvalue weighted by Gasteiger charge is -2.26. The topological polar surface area (TPSA) is 42.1 Å². The van der Waals surface area contributed by atoms with Crippen LogP contribution in [0.15, 0.2) is 12.3 Å². The van der Waals surface area contributed by atoms with E-state index in [9.17, 15) is 4.39 Å². The number of hydrogen-bond donors (Lipinski definition) is 1. The Labute approximate surface area is 106 Å². The van der Waals surface area contributed by atoms with Crippen molar-refractivity contribution in [3.63, 3.8) is 0 Å². The molecule has 1 fully saturated rings. The maximum atomic E-state index is 13.8. The molecule has 3 nitrogen and oxygen atoms in total. The predicted molar refractivity (Wildman–Crippen MR) is 67.9 cm³/mol. The molecule has 94 valence electrons. The van der Waals surface area contributed by atoms with Gasteiger partial charge in [-0.2, -0.15) is 0 Å². The van der Waals surface area contributed by atoms with Crippen molar-refractivity contribution in [2.45, 2.75) is 31.7 Å². The standard InChI is InChI=1S/C12H17ClFN3/c13-9-7-11(14)12(16-8-9)17-6-2-4-10(17)3-1-5-15/h7-8,10H,1-6,15H2. The molecule has 5 heteroatoms. The van der Waals surface area contributed by atoms with Crippen molar-refractivity contribution in [2.75, 3.05) is 18.0 Å². The van der Waals surface area contributed by atoms with Crippen LogP contribution in [0.2, 0.25) is 5.02 Å². The second-order valence-corrected chi connectivity index (χ2v) is 4.82. The van der Waals surface area contributed by atoms with Crippen molar-refractivity contribution < 1.29 is 4.39 Å². The van der Waals surface area contributed by atoms with Crippen molar-refractivity contribution >= 4 is 17.4 Å². The molecular formula is C12H17ClFN3. The van der Waals surface area contributed by atoms with E-state index in [1.54, 1.807) is 0 Å². The Bertz CT molecular complexity index is 386. The number of aromatic nitrogens is 1. The smallest absolute Gasteiger partial charge is 0.167 e. The Kier molecular flexibility index (Phi) is 4.18. The van der Waals surface area contributed by atoms with Gasteiger partial charge in [-0.05, 0) is 38.3 Å². The quantitative estimate of drug-likeness (QED) is 0.902. The van der Waals surface area contributed by atoms with Crippen LogP contribution in [0.4, 0.5) is 10.2 Å². The number of rotatable bonds is 4. The molecule has 0 radical (unpaired) electrons. The Balaban J connectivity index is 2.14. The molecule has 1 unspecified atom stereocenters. The van der Waals surface area contributed by atoms with Crippen molar-refractivity contribution in [3.8, 4) is 0 Å². The normalized spacial score (nSPS) is 19.9. The van der Waals surface area contributed by atoms with E-state index in [0.717, 1.165) is 32.2 Å². The van der Waals surface area contributed by atoms with Crippen LogP contribution in [0.5, 0.6) is 0 Å². The third-order valence-corrected chi connectivity index (χ3v) is 3.39. The maximum Gasteiger partial charge on any atom is 0.167 e. The molecule has 1 atom stereocenters. The summed E-state index contributed by atoms with van der Waals surface area (Å²) < 4.78 is 13.8. The highest BCUT2D eigenvalue weighted by Gasteiger charge is 2.27. The van der Waals surface area contributed by atoms with E-state index in [1.165, 1.54) is 12.3 Å². The summed E-state index contributed by atoms with van der Waals surface area (Å²) in [6.45, 7) is 1.54. The van der Waals surface area contributed by atoms with Crippen LogP contribution < -0.4 is 10.6 Å². The van der Waals surface area contributed by atoms with E-state index in [1.807, 2.05) is 4.90 Å². The number of nitrogens with zero attached hydrogens (tertiary/aromatic N) is 2. The van der Waals surface area contributed by atoms with E-state index in [0.29, 0.717) is 23.4 Å². The van der Waals surface area contributed by atoms with Crippen LogP contribution in [0.25, 0.3) is 0 Å². The average Bonchev–Trinajstić information content (AvgIpc) is 2.74. The summed E-state index contributed by atoms with van der Waals surface area (Å²) in [5, 5.41) is 0.337. The molecule has 1 aliphatic heterocycles. The highest BCUT2D eigenvalue weighted by molar-refractivity contribution is 6.30. The van der Waals surface area contributed by atoms with Gasteiger partial charge in [0.1, 0.15) is 0 Å². The van der Waals surface area contributed by atoms with Gasteiger partial charge in [0.2, 0.25) is 0 Å². The van der Waals surface area contributed by atoms with Crippen molar-refractivity contribution in [1.29, 1.82) is 0 Å². The summed E-state index contributed by atoms with van der Waals surface area (Å²) in [5.74, 6) is 0.0890. The summed E-state index contributed by atoms with van der Waals surface area (Å²) in [6.07, 6.45) is 5.64. The van der Waals surface area contributed by atoms with Gasteiger partial charge >= 0.3 is 0 Å². The van der Waals surface area contributed by atoms with Crippen LogP contribution >= 0.6 is 11.6 Å². The molecule has 1 aromatic rings. The number of anilines is 1. The zero-order valence-electron chi connectivity index (χ0n) is 9.70. The highest BCUT2D eigenvalue weighted by atomic mass is 35.5. The molecule has 0 aliphatic carbocycles. The lowest BCUT2D eigenvalue weighted by molar-refractivity contribution is 0.560. The average molecular weight is 258 g/mol. The van der Waals surface area contributed by atoms with Gasteiger partial charge in [-0.3, -0.25) is 0 Å².